The molecule has 0 saturated heterocycles. The molecule has 1 aliphatic rings. The molecule has 10 heteroatoms. The molecule has 162 valence electrons. The van der Waals surface area contributed by atoms with Crippen LogP contribution in [0.4, 0.5) is 14.5 Å². The number of aliphatic imine (C=N–C) groups is 1. The molecular weight excluding hydrogens is 529 g/mol. The predicted molar refractivity (Wildman–Crippen MR) is 124 cm³/mol. The van der Waals surface area contributed by atoms with Crippen LogP contribution >= 0.6 is 35.6 Å². The Bertz CT molecular complexity index is 914. The van der Waals surface area contributed by atoms with E-state index in [0.717, 1.165) is 17.7 Å². The summed E-state index contributed by atoms with van der Waals surface area (Å²) in [6.45, 7) is -2.11. The summed E-state index contributed by atoms with van der Waals surface area (Å²) in [4.78, 5) is 18.4. The smallest absolute Gasteiger partial charge is 0.387 e. The highest BCUT2D eigenvalue weighted by Crippen LogP contribution is 2.27. The second-order valence-corrected chi connectivity index (χ2v) is 6.77. The van der Waals surface area contributed by atoms with Gasteiger partial charge in [-0.25, -0.2) is 0 Å². The van der Waals surface area contributed by atoms with Crippen LogP contribution in [-0.4, -0.2) is 38.6 Å². The van der Waals surface area contributed by atoms with Crippen LogP contribution in [0.2, 0.25) is 5.02 Å². The molecule has 0 saturated carbocycles. The van der Waals surface area contributed by atoms with Crippen LogP contribution in [-0.2, 0) is 17.8 Å². The largest absolute Gasteiger partial charge is 0.434 e. The summed E-state index contributed by atoms with van der Waals surface area (Å²) in [5.74, 6) is 0.299. The number of carbonyl (C=O) groups is 1. The SMILES string of the molecule is CN=C(NCC(=O)N1CCc2ccccc21)NCc1cc(Cl)ccc1OC(F)F.I. The maximum absolute atomic E-state index is 12.6. The fourth-order valence-corrected chi connectivity index (χ4v) is 3.34. The lowest BCUT2D eigenvalue weighted by Gasteiger charge is -2.19. The zero-order valence-electron chi connectivity index (χ0n) is 16.2. The molecule has 0 spiro atoms. The second kappa shape index (κ2) is 11.3. The van der Waals surface area contributed by atoms with Crippen molar-refractivity contribution >= 4 is 53.1 Å². The third kappa shape index (κ3) is 6.18. The van der Waals surface area contributed by atoms with Gasteiger partial charge >= 0.3 is 6.61 Å². The van der Waals surface area contributed by atoms with Gasteiger partial charge in [-0.05, 0) is 36.2 Å². The minimum atomic E-state index is -2.94. The van der Waals surface area contributed by atoms with E-state index >= 15 is 0 Å². The number of guanidine groups is 1. The lowest BCUT2D eigenvalue weighted by molar-refractivity contribution is -0.117. The first-order valence-corrected chi connectivity index (χ1v) is 9.41. The summed E-state index contributed by atoms with van der Waals surface area (Å²) >= 11 is 5.95. The summed E-state index contributed by atoms with van der Waals surface area (Å²) in [6, 6.07) is 12.2. The molecule has 0 fully saturated rings. The Balaban J connectivity index is 0.00000320. The number of anilines is 1. The number of para-hydroxylation sites is 1. The highest BCUT2D eigenvalue weighted by Gasteiger charge is 2.23. The lowest BCUT2D eigenvalue weighted by Crippen LogP contribution is -2.44. The number of nitrogens with one attached hydrogen (secondary N) is 2. The average Bonchev–Trinajstić information content (AvgIpc) is 3.13. The van der Waals surface area contributed by atoms with Crippen LogP contribution in [0.1, 0.15) is 11.1 Å². The maximum Gasteiger partial charge on any atom is 0.387 e. The van der Waals surface area contributed by atoms with Crippen LogP contribution in [0.5, 0.6) is 5.75 Å². The van der Waals surface area contributed by atoms with Crippen molar-refractivity contribution in [3.05, 3.63) is 58.6 Å². The summed E-state index contributed by atoms with van der Waals surface area (Å²) < 4.78 is 29.7. The van der Waals surface area contributed by atoms with E-state index in [1.165, 1.54) is 18.2 Å². The fraction of sp³-hybridized carbons (Fsp3) is 0.300. The van der Waals surface area contributed by atoms with Crippen molar-refractivity contribution in [2.45, 2.75) is 19.6 Å². The molecular formula is C20H22ClF2IN4O2. The number of carbonyl (C=O) groups excluding carboxylic acids is 1. The van der Waals surface area contributed by atoms with Gasteiger partial charge in [-0.1, -0.05) is 29.8 Å². The lowest BCUT2D eigenvalue weighted by atomic mass is 10.2. The van der Waals surface area contributed by atoms with Gasteiger partial charge in [-0.2, -0.15) is 8.78 Å². The standard InChI is InChI=1S/C20H21ClF2N4O2.HI/c1-24-20(25-11-14-10-15(21)6-7-17(14)29-19(22)23)26-12-18(28)27-9-8-13-4-2-3-5-16(13)27;/h2-7,10,19H,8-9,11-12H2,1H3,(H2,24,25,26);1H. The van der Waals surface area contributed by atoms with Gasteiger partial charge in [0.25, 0.3) is 0 Å². The number of nitrogens with zero attached hydrogens (tertiary/aromatic N) is 2. The number of benzene rings is 2. The van der Waals surface area contributed by atoms with E-state index in [1.807, 2.05) is 24.3 Å². The van der Waals surface area contributed by atoms with E-state index in [9.17, 15) is 13.6 Å². The Hall–Kier alpha value is -2.14. The molecule has 3 rings (SSSR count). The first-order valence-electron chi connectivity index (χ1n) is 9.04. The number of fused-ring (bicyclic) bond motifs is 1. The fourth-order valence-electron chi connectivity index (χ4n) is 3.15. The van der Waals surface area contributed by atoms with E-state index in [0.29, 0.717) is 23.1 Å². The number of hydrogen-bond donors (Lipinski definition) is 2. The van der Waals surface area contributed by atoms with Crippen molar-refractivity contribution in [1.82, 2.24) is 10.6 Å². The molecule has 0 radical (unpaired) electrons. The number of amides is 1. The number of rotatable bonds is 6. The molecule has 0 unspecified atom stereocenters. The molecule has 0 bridgehead atoms. The van der Waals surface area contributed by atoms with Gasteiger partial charge < -0.3 is 20.3 Å². The number of alkyl halides is 2. The summed E-state index contributed by atoms with van der Waals surface area (Å²) in [7, 11) is 1.56. The van der Waals surface area contributed by atoms with Gasteiger partial charge in [0.1, 0.15) is 5.75 Å². The third-order valence-corrected chi connectivity index (χ3v) is 4.74. The van der Waals surface area contributed by atoms with E-state index in [1.54, 1.807) is 11.9 Å². The van der Waals surface area contributed by atoms with Gasteiger partial charge in [-0.15, -0.1) is 24.0 Å². The maximum atomic E-state index is 12.6. The first-order chi connectivity index (χ1) is 14.0. The highest BCUT2D eigenvalue weighted by atomic mass is 127. The first kappa shape index (κ1) is 24.1. The van der Waals surface area contributed by atoms with Gasteiger partial charge in [0.15, 0.2) is 5.96 Å². The Kier molecular flexibility index (Phi) is 9.09. The van der Waals surface area contributed by atoms with Crippen molar-refractivity contribution in [2.75, 3.05) is 25.0 Å². The molecule has 2 aromatic carbocycles. The summed E-state index contributed by atoms with van der Waals surface area (Å²) in [5, 5.41) is 6.32. The molecule has 0 aromatic heterocycles. The second-order valence-electron chi connectivity index (χ2n) is 6.33. The van der Waals surface area contributed by atoms with Crippen LogP contribution < -0.4 is 20.3 Å². The van der Waals surface area contributed by atoms with Gasteiger partial charge in [0.2, 0.25) is 5.91 Å². The van der Waals surface area contributed by atoms with Crippen molar-refractivity contribution < 1.29 is 18.3 Å². The molecule has 2 N–H and O–H groups in total. The van der Waals surface area contributed by atoms with Crippen LogP contribution in [0.3, 0.4) is 0 Å². The Morgan fingerprint density at radius 1 is 1.27 bits per heavy atom. The highest BCUT2D eigenvalue weighted by molar-refractivity contribution is 14.0. The number of halogens is 4. The van der Waals surface area contributed by atoms with Crippen molar-refractivity contribution in [1.29, 1.82) is 0 Å². The molecule has 6 nitrogen and oxygen atoms in total. The van der Waals surface area contributed by atoms with E-state index in [4.69, 9.17) is 11.6 Å². The molecule has 2 aromatic rings. The molecule has 1 heterocycles. The zero-order valence-corrected chi connectivity index (χ0v) is 19.3. The number of ether oxygens (including phenoxy) is 1. The van der Waals surface area contributed by atoms with E-state index in [2.05, 4.69) is 20.4 Å². The summed E-state index contributed by atoms with van der Waals surface area (Å²) in [5.41, 5.74) is 2.52. The van der Waals surface area contributed by atoms with Crippen LogP contribution in [0, 0.1) is 0 Å². The minimum absolute atomic E-state index is 0. The quantitative estimate of drug-likeness (QED) is 0.326. The van der Waals surface area contributed by atoms with Crippen LogP contribution in [0.15, 0.2) is 47.5 Å². The average molecular weight is 551 g/mol. The van der Waals surface area contributed by atoms with Gasteiger partial charge in [0.05, 0.1) is 6.54 Å². The van der Waals surface area contributed by atoms with Gasteiger partial charge in [-0.3, -0.25) is 9.79 Å². The summed E-state index contributed by atoms with van der Waals surface area (Å²) in [6.07, 6.45) is 0.830. The van der Waals surface area contributed by atoms with Crippen molar-refractivity contribution in [3.63, 3.8) is 0 Å². The third-order valence-electron chi connectivity index (χ3n) is 4.50. The minimum Gasteiger partial charge on any atom is -0.434 e. The predicted octanol–water partition coefficient (Wildman–Crippen LogP) is 3.81. The zero-order chi connectivity index (χ0) is 20.8. The monoisotopic (exact) mass is 550 g/mol. The molecule has 30 heavy (non-hydrogen) atoms. The number of hydrogen-bond acceptors (Lipinski definition) is 3. The van der Waals surface area contributed by atoms with Crippen molar-refractivity contribution in [2.24, 2.45) is 4.99 Å². The Morgan fingerprint density at radius 2 is 2.03 bits per heavy atom. The van der Waals surface area contributed by atoms with Crippen molar-refractivity contribution in [3.8, 4) is 5.75 Å². The normalized spacial score (nSPS) is 13.0. The topological polar surface area (TPSA) is 66.0 Å². The van der Waals surface area contributed by atoms with E-state index in [-0.39, 0.29) is 48.7 Å². The Labute approximate surface area is 195 Å². The molecule has 1 amide bonds. The molecule has 0 aliphatic carbocycles. The molecule has 0 atom stereocenters. The molecule has 1 aliphatic heterocycles. The van der Waals surface area contributed by atoms with E-state index < -0.39 is 6.61 Å². The Morgan fingerprint density at radius 3 is 2.77 bits per heavy atom. The van der Waals surface area contributed by atoms with Gasteiger partial charge in [0, 0.05) is 36.4 Å². The van der Waals surface area contributed by atoms with Crippen LogP contribution in [0.25, 0.3) is 0 Å².